The van der Waals surface area contributed by atoms with Crippen LogP contribution in [-0.4, -0.2) is 57.7 Å². The van der Waals surface area contributed by atoms with E-state index in [1.54, 1.807) is 84.1 Å². The molecule has 2 atom stereocenters. The molecule has 2 unspecified atom stereocenters. The van der Waals surface area contributed by atoms with E-state index in [2.05, 4.69) is 10.4 Å². The molecule has 2 aromatic heterocycles. The lowest BCUT2D eigenvalue weighted by Crippen LogP contribution is -2.48. The lowest BCUT2D eigenvalue weighted by atomic mass is 10.1. The Morgan fingerprint density at radius 1 is 1.00 bits per heavy atom. The summed E-state index contributed by atoms with van der Waals surface area (Å²) in [6.45, 7) is 10.5. The van der Waals surface area contributed by atoms with Gasteiger partial charge in [-0.3, -0.25) is 9.36 Å². The van der Waals surface area contributed by atoms with Crippen LogP contribution in [0.25, 0.3) is 22.3 Å². The first-order chi connectivity index (χ1) is 20.8. The highest BCUT2D eigenvalue weighted by Gasteiger charge is 2.29. The maximum atomic E-state index is 13.4. The number of hydrogen-bond donors (Lipinski definition) is 1. The maximum absolute atomic E-state index is 13.4. The van der Waals surface area contributed by atoms with Crippen LogP contribution in [-0.2, 0) is 14.3 Å². The average Bonchev–Trinajstić information content (AvgIpc) is 3.39. The van der Waals surface area contributed by atoms with Crippen molar-refractivity contribution in [2.45, 2.75) is 59.3 Å². The molecule has 4 rings (SSSR count). The lowest BCUT2D eigenvalue weighted by molar-refractivity contribution is -0.153. The number of methoxy groups -OCH3 is 1. The first-order valence-corrected chi connectivity index (χ1v) is 14.5. The molecule has 1 N–H and O–H groups in total. The van der Waals surface area contributed by atoms with Crippen LogP contribution < -0.4 is 20.3 Å². The van der Waals surface area contributed by atoms with Crippen LogP contribution in [0.2, 0.25) is 5.02 Å². The molecule has 2 aromatic carbocycles. The first-order valence-electron chi connectivity index (χ1n) is 14.1. The number of aromatic nitrogens is 3. The molecule has 2 heterocycles. The number of esters is 1. The Bertz CT molecular complexity index is 1690. The number of nitrogens with one attached hydrogen (secondary N) is 1. The second-order valence-corrected chi connectivity index (χ2v) is 12.1. The van der Waals surface area contributed by atoms with Gasteiger partial charge in [0.1, 0.15) is 36.2 Å². The molecule has 12 heteroatoms. The van der Waals surface area contributed by atoms with Gasteiger partial charge in [0.15, 0.2) is 11.5 Å². The van der Waals surface area contributed by atoms with Crippen molar-refractivity contribution in [1.82, 2.24) is 19.5 Å². The van der Waals surface area contributed by atoms with Gasteiger partial charge in [0.25, 0.3) is 5.56 Å². The van der Waals surface area contributed by atoms with Crippen LogP contribution in [0.4, 0.5) is 4.79 Å². The quantitative estimate of drug-likeness (QED) is 0.224. The van der Waals surface area contributed by atoms with E-state index in [-0.39, 0.29) is 18.1 Å². The van der Waals surface area contributed by atoms with Crippen molar-refractivity contribution in [3.05, 3.63) is 76.4 Å². The van der Waals surface area contributed by atoms with Gasteiger partial charge in [-0.1, -0.05) is 37.6 Å². The fourth-order valence-electron chi connectivity index (χ4n) is 4.34. The summed E-state index contributed by atoms with van der Waals surface area (Å²) >= 11 is 6.01. The lowest BCUT2D eigenvalue weighted by Gasteiger charge is -2.25. The average molecular weight is 625 g/mol. The number of carbonyl (C=O) groups is 2. The summed E-state index contributed by atoms with van der Waals surface area (Å²) < 4.78 is 25.2. The Morgan fingerprint density at radius 3 is 2.34 bits per heavy atom. The van der Waals surface area contributed by atoms with Crippen molar-refractivity contribution in [3.63, 3.8) is 0 Å². The number of ether oxygens (including phenoxy) is 4. The fourth-order valence-corrected chi connectivity index (χ4v) is 4.47. The Balaban J connectivity index is 1.45. The number of hydrogen-bond acceptors (Lipinski definition) is 8. The van der Waals surface area contributed by atoms with Crippen molar-refractivity contribution in [1.29, 1.82) is 0 Å². The van der Waals surface area contributed by atoms with Gasteiger partial charge in [-0.15, -0.1) is 0 Å². The van der Waals surface area contributed by atoms with Gasteiger partial charge in [-0.25, -0.2) is 14.1 Å². The summed E-state index contributed by atoms with van der Waals surface area (Å²) in [5, 5.41) is 7.62. The second kappa shape index (κ2) is 13.4. The van der Waals surface area contributed by atoms with E-state index in [4.69, 9.17) is 30.5 Å². The monoisotopic (exact) mass is 624 g/mol. The second-order valence-electron chi connectivity index (χ2n) is 11.6. The summed E-state index contributed by atoms with van der Waals surface area (Å²) in [4.78, 5) is 38.4. The number of benzene rings is 2. The molecule has 0 saturated heterocycles. The predicted octanol–water partition coefficient (Wildman–Crippen LogP) is 5.67. The molecule has 0 saturated carbocycles. The molecule has 44 heavy (non-hydrogen) atoms. The van der Waals surface area contributed by atoms with Gasteiger partial charge in [0.2, 0.25) is 0 Å². The molecule has 234 valence electrons. The molecule has 4 aromatic rings. The van der Waals surface area contributed by atoms with Gasteiger partial charge < -0.3 is 24.3 Å². The largest absolute Gasteiger partial charge is 0.493 e. The number of nitrogens with zero attached hydrogens (tertiary/aromatic N) is 3. The third-order valence-corrected chi connectivity index (χ3v) is 6.77. The molecule has 11 nitrogen and oxygen atoms in total. The minimum atomic E-state index is -0.895. The Hall–Kier alpha value is -4.51. The van der Waals surface area contributed by atoms with Gasteiger partial charge in [-0.2, -0.15) is 5.10 Å². The van der Waals surface area contributed by atoms with Gasteiger partial charge in [0.05, 0.1) is 12.8 Å². The Labute approximate surface area is 260 Å². The van der Waals surface area contributed by atoms with Crippen LogP contribution in [0.1, 0.15) is 41.5 Å². The molecular formula is C32H37ClN4O7. The van der Waals surface area contributed by atoms with E-state index in [1.165, 1.54) is 22.5 Å². The smallest absolute Gasteiger partial charge is 0.408 e. The van der Waals surface area contributed by atoms with Crippen LogP contribution in [0.5, 0.6) is 11.5 Å². The summed E-state index contributed by atoms with van der Waals surface area (Å²) in [6, 6.07) is 13.3. The van der Waals surface area contributed by atoms with E-state index in [0.29, 0.717) is 27.7 Å². The number of alkyl carbamates (subject to hydrolysis) is 1. The molecule has 1 amide bonds. The fraction of sp³-hybridized carbons (Fsp3) is 0.375. The van der Waals surface area contributed by atoms with Crippen molar-refractivity contribution in [2.75, 3.05) is 13.7 Å². The topological polar surface area (TPSA) is 122 Å². The summed E-state index contributed by atoms with van der Waals surface area (Å²) in [6.07, 6.45) is 1.88. The van der Waals surface area contributed by atoms with E-state index in [9.17, 15) is 14.4 Å². The summed E-state index contributed by atoms with van der Waals surface area (Å²) in [5.41, 5.74) is 1.69. The highest BCUT2D eigenvalue weighted by molar-refractivity contribution is 6.30. The van der Waals surface area contributed by atoms with Gasteiger partial charge >= 0.3 is 12.1 Å². The third-order valence-electron chi connectivity index (χ3n) is 6.52. The van der Waals surface area contributed by atoms with Crippen LogP contribution in [0.15, 0.2) is 65.8 Å². The van der Waals surface area contributed by atoms with E-state index in [0.717, 1.165) is 11.1 Å². The highest BCUT2D eigenvalue weighted by Crippen LogP contribution is 2.30. The van der Waals surface area contributed by atoms with Crippen molar-refractivity contribution in [3.8, 4) is 28.3 Å². The van der Waals surface area contributed by atoms with Crippen LogP contribution in [0.3, 0.4) is 0 Å². The minimum Gasteiger partial charge on any atom is -0.493 e. The minimum absolute atomic E-state index is 0.0177. The van der Waals surface area contributed by atoms with Crippen molar-refractivity contribution >= 4 is 29.2 Å². The Kier molecular flexibility index (Phi) is 9.88. The molecule has 0 spiro atoms. The zero-order valence-corrected chi connectivity index (χ0v) is 26.5. The molecule has 0 aliphatic carbocycles. The molecule has 0 aliphatic rings. The number of halogens is 1. The first kappa shape index (κ1) is 32.4. The molecule has 0 bridgehead atoms. The third kappa shape index (κ3) is 7.90. The normalized spacial score (nSPS) is 12.9. The standard InChI is InChI=1S/C32H37ClN4O7/c1-19(2)28(35-31(40)44-32(4,5)6)30(39)43-20(3)17-42-26-13-12-24(15-27(26)41-7)36-18-34-37-16-22(14-25(37)29(36)38)21-8-10-23(33)11-9-21/h8-16,18-20,28H,17H2,1-7H3,(H,35,40). The SMILES string of the molecule is COc1cc(-n2cnn3cc(-c4ccc(Cl)cc4)cc3c2=O)ccc1OCC(C)OC(=O)C(NC(=O)OC(C)(C)C)C(C)C. The number of fused-ring (bicyclic) bond motifs is 1. The number of carbonyl (C=O) groups excluding carboxylic acids is 2. The van der Waals surface area contributed by atoms with Crippen LogP contribution >= 0.6 is 11.6 Å². The molecular weight excluding hydrogens is 588 g/mol. The Morgan fingerprint density at radius 2 is 1.70 bits per heavy atom. The number of rotatable bonds is 10. The predicted molar refractivity (Wildman–Crippen MR) is 167 cm³/mol. The van der Waals surface area contributed by atoms with Gasteiger partial charge in [0, 0.05) is 22.8 Å². The zero-order valence-electron chi connectivity index (χ0n) is 25.8. The van der Waals surface area contributed by atoms with Crippen LogP contribution in [0, 0.1) is 5.92 Å². The molecule has 0 radical (unpaired) electrons. The highest BCUT2D eigenvalue weighted by atomic mass is 35.5. The van der Waals surface area contributed by atoms with Crippen molar-refractivity contribution < 1.29 is 28.5 Å². The summed E-state index contributed by atoms with van der Waals surface area (Å²) in [7, 11) is 1.49. The van der Waals surface area contributed by atoms with E-state index < -0.39 is 29.8 Å². The molecule has 0 fully saturated rings. The zero-order chi connectivity index (χ0) is 32.2. The van der Waals surface area contributed by atoms with Crippen molar-refractivity contribution in [2.24, 2.45) is 5.92 Å². The van der Waals surface area contributed by atoms with Gasteiger partial charge in [-0.05, 0) is 69.5 Å². The van der Waals surface area contributed by atoms with E-state index in [1.807, 2.05) is 12.1 Å². The maximum Gasteiger partial charge on any atom is 0.408 e. The van der Waals surface area contributed by atoms with E-state index >= 15 is 0 Å². The number of amides is 1. The summed E-state index contributed by atoms with van der Waals surface area (Å²) in [5.74, 6) is -0.0715. The molecule has 0 aliphatic heterocycles.